The van der Waals surface area contributed by atoms with E-state index in [9.17, 15) is 9.59 Å². The van der Waals surface area contributed by atoms with Crippen molar-refractivity contribution >= 4 is 11.7 Å². The number of carbonyl (C=O) groups is 2. The Kier molecular flexibility index (Phi) is 27.3. The van der Waals surface area contributed by atoms with Gasteiger partial charge in [0.15, 0.2) is 0 Å². The van der Waals surface area contributed by atoms with E-state index in [1.54, 1.807) is 0 Å². The Bertz CT molecular complexity index is 341. The normalized spacial score (nSPS) is 10.3. The fourth-order valence-electron chi connectivity index (χ4n) is 1.60. The minimum atomic E-state index is 0.00228. The molecule has 0 unspecified atom stereocenters. The quantitative estimate of drug-likeness (QED) is 0.426. The molecular weight excluding hydrogens is 354 g/mol. The van der Waals surface area contributed by atoms with Crippen LogP contribution in [0.25, 0.3) is 0 Å². The van der Waals surface area contributed by atoms with Crippen LogP contribution in [0.5, 0.6) is 0 Å². The largest absolute Gasteiger partial charge is 0.381 e. The number of Topliss-reactive ketones (excluding diaryl/α,β-unsaturated/α-hetero) is 1. The van der Waals surface area contributed by atoms with Gasteiger partial charge in [-0.05, 0) is 24.7 Å². The SMILES string of the molecule is CC(=O)NCCOCCC(C)C.CC(C)CCOCCC(=O)C(C)C.CCC. The average molecular weight is 404 g/mol. The molecule has 0 saturated carbocycles. The van der Waals surface area contributed by atoms with Crippen LogP contribution in [-0.2, 0) is 19.1 Å². The summed E-state index contributed by atoms with van der Waals surface area (Å²) < 4.78 is 10.6. The minimum absolute atomic E-state index is 0.00228. The molecule has 0 saturated heterocycles. The van der Waals surface area contributed by atoms with Crippen LogP contribution in [0.3, 0.4) is 0 Å². The van der Waals surface area contributed by atoms with Crippen LogP contribution < -0.4 is 5.32 Å². The van der Waals surface area contributed by atoms with Gasteiger partial charge in [-0.15, -0.1) is 0 Å². The molecule has 0 spiro atoms. The zero-order valence-corrected chi connectivity index (χ0v) is 20.2. The summed E-state index contributed by atoms with van der Waals surface area (Å²) in [7, 11) is 0. The topological polar surface area (TPSA) is 64.6 Å². The fraction of sp³-hybridized carbons (Fsp3) is 0.913. The third kappa shape index (κ3) is 36.1. The predicted octanol–water partition coefficient (Wildman–Crippen LogP) is 5.27. The van der Waals surface area contributed by atoms with Crippen molar-refractivity contribution in [1.82, 2.24) is 5.32 Å². The summed E-state index contributed by atoms with van der Waals surface area (Å²) in [4.78, 5) is 21.6. The smallest absolute Gasteiger partial charge is 0.216 e. The van der Waals surface area contributed by atoms with Crippen LogP contribution in [0.15, 0.2) is 0 Å². The summed E-state index contributed by atoms with van der Waals surface area (Å²) in [6, 6.07) is 0. The van der Waals surface area contributed by atoms with Gasteiger partial charge in [0, 0.05) is 39.0 Å². The van der Waals surface area contributed by atoms with Crippen molar-refractivity contribution in [3.05, 3.63) is 0 Å². The molecule has 1 N–H and O–H groups in total. The molecule has 0 aliphatic heterocycles. The molecule has 0 heterocycles. The molecule has 0 aromatic carbocycles. The maximum Gasteiger partial charge on any atom is 0.216 e. The molecular formula is C23H49NO4. The molecule has 0 atom stereocenters. The molecule has 0 aromatic rings. The Balaban J connectivity index is -0.000000392. The summed E-state index contributed by atoms with van der Waals surface area (Å²) in [6.07, 6.45) is 3.98. The Morgan fingerprint density at radius 1 is 0.786 bits per heavy atom. The maximum absolute atomic E-state index is 11.2. The molecule has 0 aromatic heterocycles. The van der Waals surface area contributed by atoms with Gasteiger partial charge >= 0.3 is 0 Å². The van der Waals surface area contributed by atoms with Crippen LogP contribution >= 0.6 is 0 Å². The first-order valence-corrected chi connectivity index (χ1v) is 11.0. The average Bonchev–Trinajstić information content (AvgIpc) is 2.58. The van der Waals surface area contributed by atoms with Crippen molar-refractivity contribution in [3.8, 4) is 0 Å². The number of carbonyl (C=O) groups excluding carboxylic acids is 2. The van der Waals surface area contributed by atoms with E-state index in [0.717, 1.165) is 26.1 Å². The summed E-state index contributed by atoms with van der Waals surface area (Å²) in [5, 5.41) is 2.67. The third-order valence-corrected chi connectivity index (χ3v) is 3.44. The fourth-order valence-corrected chi connectivity index (χ4v) is 1.60. The van der Waals surface area contributed by atoms with Crippen molar-refractivity contribution in [3.63, 3.8) is 0 Å². The van der Waals surface area contributed by atoms with Gasteiger partial charge < -0.3 is 14.8 Å². The van der Waals surface area contributed by atoms with E-state index in [4.69, 9.17) is 9.47 Å². The number of nitrogens with one attached hydrogen (secondary N) is 1. The molecule has 0 radical (unpaired) electrons. The molecule has 5 nitrogen and oxygen atoms in total. The summed E-state index contributed by atoms with van der Waals surface area (Å²) in [5.74, 6) is 1.81. The monoisotopic (exact) mass is 403 g/mol. The third-order valence-electron chi connectivity index (χ3n) is 3.44. The molecule has 1 amide bonds. The first-order chi connectivity index (χ1) is 13.1. The Hall–Kier alpha value is -0.940. The van der Waals surface area contributed by atoms with Gasteiger partial charge in [-0.1, -0.05) is 61.8 Å². The molecule has 0 bridgehead atoms. The first-order valence-electron chi connectivity index (χ1n) is 11.0. The Morgan fingerprint density at radius 3 is 1.57 bits per heavy atom. The lowest BCUT2D eigenvalue weighted by molar-refractivity contribution is -0.123. The summed E-state index contributed by atoms with van der Waals surface area (Å²) >= 11 is 0. The molecule has 0 aliphatic carbocycles. The van der Waals surface area contributed by atoms with Gasteiger partial charge in [0.2, 0.25) is 5.91 Å². The zero-order chi connectivity index (χ0) is 22.4. The number of rotatable bonds is 13. The van der Waals surface area contributed by atoms with E-state index in [2.05, 4.69) is 46.9 Å². The molecule has 0 aliphatic rings. The summed E-state index contributed by atoms with van der Waals surface area (Å²) in [5.41, 5.74) is 0. The highest BCUT2D eigenvalue weighted by molar-refractivity contribution is 5.80. The highest BCUT2D eigenvalue weighted by Crippen LogP contribution is 2.01. The minimum Gasteiger partial charge on any atom is -0.381 e. The van der Waals surface area contributed by atoms with Crippen molar-refractivity contribution in [2.75, 3.05) is 33.0 Å². The Labute approximate surface area is 175 Å². The van der Waals surface area contributed by atoms with Crippen LogP contribution in [-0.4, -0.2) is 44.7 Å². The first kappa shape index (κ1) is 31.7. The van der Waals surface area contributed by atoms with Gasteiger partial charge in [-0.2, -0.15) is 0 Å². The lowest BCUT2D eigenvalue weighted by Gasteiger charge is -2.06. The van der Waals surface area contributed by atoms with E-state index in [0.29, 0.717) is 43.8 Å². The second-order valence-electron chi connectivity index (χ2n) is 8.15. The van der Waals surface area contributed by atoms with Crippen LogP contribution in [0, 0.1) is 17.8 Å². The van der Waals surface area contributed by atoms with Gasteiger partial charge in [-0.3, -0.25) is 9.59 Å². The van der Waals surface area contributed by atoms with Crippen LogP contribution in [0.1, 0.15) is 88.0 Å². The molecule has 5 heteroatoms. The van der Waals surface area contributed by atoms with E-state index in [1.165, 1.54) is 13.3 Å². The van der Waals surface area contributed by atoms with Gasteiger partial charge in [0.1, 0.15) is 5.78 Å². The van der Waals surface area contributed by atoms with E-state index >= 15 is 0 Å². The second kappa shape index (κ2) is 24.1. The molecule has 170 valence electrons. The number of amides is 1. The van der Waals surface area contributed by atoms with E-state index < -0.39 is 0 Å². The highest BCUT2D eigenvalue weighted by atomic mass is 16.5. The van der Waals surface area contributed by atoms with Crippen molar-refractivity contribution in [2.24, 2.45) is 17.8 Å². The Morgan fingerprint density at radius 2 is 1.21 bits per heavy atom. The highest BCUT2D eigenvalue weighted by Gasteiger charge is 2.06. The molecule has 0 rings (SSSR count). The number of ether oxygens (including phenoxy) is 2. The predicted molar refractivity (Wildman–Crippen MR) is 120 cm³/mol. The number of hydrogen-bond acceptors (Lipinski definition) is 4. The number of ketones is 1. The van der Waals surface area contributed by atoms with Crippen LogP contribution in [0.2, 0.25) is 0 Å². The van der Waals surface area contributed by atoms with Crippen molar-refractivity contribution in [1.29, 1.82) is 0 Å². The van der Waals surface area contributed by atoms with E-state index in [1.807, 2.05) is 13.8 Å². The summed E-state index contributed by atoms with van der Waals surface area (Å²) in [6.45, 7) is 21.7. The van der Waals surface area contributed by atoms with Gasteiger partial charge in [0.25, 0.3) is 0 Å². The number of hydrogen-bond donors (Lipinski definition) is 1. The van der Waals surface area contributed by atoms with Gasteiger partial charge in [0.05, 0.1) is 13.2 Å². The van der Waals surface area contributed by atoms with Crippen molar-refractivity contribution < 1.29 is 19.1 Å². The standard InChI is InChI=1S/C11H22O2.C9H19NO2.C3H8/c1-9(2)5-7-13-8-6-11(12)10(3)4;1-8(2)4-6-12-7-5-10-9(3)11;1-3-2/h9-10H,5-8H2,1-4H3;8H,4-7H2,1-3H3,(H,10,11);3H2,1-2H3. The second-order valence-corrected chi connectivity index (χ2v) is 8.15. The van der Waals surface area contributed by atoms with Gasteiger partial charge in [-0.25, -0.2) is 0 Å². The van der Waals surface area contributed by atoms with Crippen LogP contribution in [0.4, 0.5) is 0 Å². The van der Waals surface area contributed by atoms with E-state index in [-0.39, 0.29) is 11.8 Å². The lowest BCUT2D eigenvalue weighted by atomic mass is 10.1. The molecule has 0 fully saturated rings. The zero-order valence-electron chi connectivity index (χ0n) is 20.2. The van der Waals surface area contributed by atoms with Crippen molar-refractivity contribution in [2.45, 2.75) is 88.0 Å². The maximum atomic E-state index is 11.2. The molecule has 28 heavy (non-hydrogen) atoms. The lowest BCUT2D eigenvalue weighted by Crippen LogP contribution is -2.24.